The van der Waals surface area contributed by atoms with Gasteiger partial charge in [-0.1, -0.05) is 0 Å². The van der Waals surface area contributed by atoms with Crippen LogP contribution in [0.15, 0.2) is 39.5 Å². The summed E-state index contributed by atoms with van der Waals surface area (Å²) in [5.74, 6) is 1.39. The average molecular weight is 418 g/mol. The van der Waals surface area contributed by atoms with Gasteiger partial charge in [0.1, 0.15) is 17.2 Å². The number of furan rings is 1. The first-order chi connectivity index (χ1) is 14.0. The summed E-state index contributed by atoms with van der Waals surface area (Å²) >= 11 is 0. The van der Waals surface area contributed by atoms with Crippen molar-refractivity contribution in [3.05, 3.63) is 46.2 Å². The third-order valence-electron chi connectivity index (χ3n) is 5.60. The molecule has 0 bridgehead atoms. The molecular formula is C20H27N4O4P. The van der Waals surface area contributed by atoms with Gasteiger partial charge in [-0.3, -0.25) is 19.5 Å². The molecule has 0 aliphatic carbocycles. The lowest BCUT2D eigenvalue weighted by molar-refractivity contribution is -0.384. The number of benzene rings is 1. The van der Waals surface area contributed by atoms with Crippen LogP contribution in [0.5, 0.6) is 5.75 Å². The lowest BCUT2D eigenvalue weighted by Crippen LogP contribution is -2.34. The Morgan fingerprint density at radius 1 is 1.07 bits per heavy atom. The quantitative estimate of drug-likeness (QED) is 0.385. The number of nitro groups is 1. The Bertz CT molecular complexity index is 926. The Labute approximate surface area is 170 Å². The van der Waals surface area contributed by atoms with Crippen molar-refractivity contribution in [1.82, 2.24) is 9.34 Å². The van der Waals surface area contributed by atoms with Gasteiger partial charge in [-0.2, -0.15) is 0 Å². The highest BCUT2D eigenvalue weighted by Crippen LogP contribution is 2.61. The average Bonchev–Trinajstić information content (AvgIpc) is 3.48. The van der Waals surface area contributed by atoms with E-state index in [1.54, 1.807) is 13.2 Å². The summed E-state index contributed by atoms with van der Waals surface area (Å²) in [6.07, 6.45) is 4.49. The number of non-ortho nitro benzene ring substituents is 1. The summed E-state index contributed by atoms with van der Waals surface area (Å²) in [6, 6.07) is 8.63. The maximum Gasteiger partial charge on any atom is 0.271 e. The van der Waals surface area contributed by atoms with Gasteiger partial charge < -0.3 is 9.15 Å². The molecule has 3 heterocycles. The van der Waals surface area contributed by atoms with Gasteiger partial charge in [0, 0.05) is 38.3 Å². The number of hydrogen-bond donors (Lipinski definition) is 0. The predicted molar refractivity (Wildman–Crippen MR) is 113 cm³/mol. The van der Waals surface area contributed by atoms with Crippen LogP contribution in [0.4, 0.5) is 11.4 Å². The summed E-state index contributed by atoms with van der Waals surface area (Å²) in [7, 11) is -0.840. The monoisotopic (exact) mass is 418 g/mol. The van der Waals surface area contributed by atoms with Crippen LogP contribution in [0.25, 0.3) is 0 Å². The van der Waals surface area contributed by atoms with Crippen molar-refractivity contribution in [1.29, 1.82) is 0 Å². The van der Waals surface area contributed by atoms with Gasteiger partial charge in [-0.15, -0.1) is 0 Å². The van der Waals surface area contributed by atoms with Crippen LogP contribution in [0.1, 0.15) is 31.4 Å². The van der Waals surface area contributed by atoms with Gasteiger partial charge in [-0.25, -0.2) is 4.74 Å². The summed E-state index contributed by atoms with van der Waals surface area (Å²) in [6.45, 7) is 5.74. The van der Waals surface area contributed by atoms with Gasteiger partial charge in [0.25, 0.3) is 5.69 Å². The second kappa shape index (κ2) is 8.30. The van der Waals surface area contributed by atoms with Crippen LogP contribution in [-0.4, -0.2) is 47.6 Å². The van der Waals surface area contributed by atoms with Crippen molar-refractivity contribution < 1.29 is 14.1 Å². The molecule has 2 saturated heterocycles. The predicted octanol–water partition coefficient (Wildman–Crippen LogP) is 4.68. The Balaban J connectivity index is 1.99. The zero-order valence-electron chi connectivity index (χ0n) is 16.9. The molecule has 156 valence electrons. The van der Waals surface area contributed by atoms with Gasteiger partial charge in [0.15, 0.2) is 12.9 Å². The third kappa shape index (κ3) is 3.72. The zero-order valence-corrected chi connectivity index (χ0v) is 17.8. The van der Waals surface area contributed by atoms with E-state index in [2.05, 4.69) is 9.34 Å². The summed E-state index contributed by atoms with van der Waals surface area (Å²) < 4.78 is 21.9. The van der Waals surface area contributed by atoms with Crippen LogP contribution < -0.4 is 10.2 Å². The molecule has 2 aliphatic rings. The van der Waals surface area contributed by atoms with Crippen molar-refractivity contribution in [2.75, 3.05) is 33.3 Å². The van der Waals surface area contributed by atoms with E-state index in [4.69, 9.17) is 13.9 Å². The van der Waals surface area contributed by atoms with Crippen molar-refractivity contribution in [3.8, 4) is 5.75 Å². The number of ether oxygens (including phenoxy) is 1. The molecule has 0 radical (unpaired) electrons. The van der Waals surface area contributed by atoms with Gasteiger partial charge in [-0.05, 0) is 50.8 Å². The van der Waals surface area contributed by atoms with E-state index < -0.39 is 7.36 Å². The molecule has 2 aliphatic heterocycles. The first-order valence-corrected chi connectivity index (χ1v) is 11.7. The molecule has 0 saturated carbocycles. The van der Waals surface area contributed by atoms with Crippen molar-refractivity contribution in [3.63, 3.8) is 0 Å². The fraction of sp³-hybridized carbons (Fsp3) is 0.500. The summed E-state index contributed by atoms with van der Waals surface area (Å²) in [4.78, 5) is 11.0. The van der Waals surface area contributed by atoms with Crippen LogP contribution >= 0.6 is 7.36 Å². The summed E-state index contributed by atoms with van der Waals surface area (Å²) in [5.41, 5.74) is 1.40. The van der Waals surface area contributed by atoms with Gasteiger partial charge >= 0.3 is 0 Å². The standard InChI is InChI=1S/C20H27N4O4P/c1-16-7-10-20(28-16)29(22-11-3-4-12-22,23-13-5-6-14-23)21-18-15-17(24(25)26)8-9-19(18)27-2/h7-10,15H,3-6,11-14H2,1-2H3. The molecule has 0 atom stereocenters. The smallest absolute Gasteiger partial charge is 0.271 e. The Kier molecular flexibility index (Phi) is 5.76. The Morgan fingerprint density at radius 2 is 1.69 bits per heavy atom. The second-order valence-electron chi connectivity index (χ2n) is 7.49. The fourth-order valence-corrected chi connectivity index (χ4v) is 8.14. The van der Waals surface area contributed by atoms with Crippen LogP contribution in [0.3, 0.4) is 0 Å². The van der Waals surface area contributed by atoms with E-state index in [1.807, 2.05) is 19.1 Å². The van der Waals surface area contributed by atoms with E-state index in [-0.39, 0.29) is 10.6 Å². The first-order valence-electron chi connectivity index (χ1n) is 10.1. The summed E-state index contributed by atoms with van der Waals surface area (Å²) in [5, 5.41) is 11.4. The van der Waals surface area contributed by atoms with Crippen LogP contribution in [0.2, 0.25) is 0 Å². The minimum Gasteiger partial charge on any atom is -0.494 e. The maximum atomic E-state index is 11.4. The van der Waals surface area contributed by atoms with E-state index in [1.165, 1.54) is 12.1 Å². The van der Waals surface area contributed by atoms with E-state index >= 15 is 0 Å². The lowest BCUT2D eigenvalue weighted by Gasteiger charge is -2.38. The number of aryl methyl sites for hydroxylation is 1. The normalized spacial score (nSPS) is 18.3. The molecule has 0 unspecified atom stereocenters. The van der Waals surface area contributed by atoms with Crippen molar-refractivity contribution >= 4 is 24.2 Å². The van der Waals surface area contributed by atoms with E-state index in [9.17, 15) is 10.1 Å². The third-order valence-corrected chi connectivity index (χ3v) is 9.30. The van der Waals surface area contributed by atoms with E-state index in [0.717, 1.165) is 63.1 Å². The van der Waals surface area contributed by atoms with Crippen LogP contribution in [-0.2, 0) is 0 Å². The molecule has 1 aromatic heterocycles. The molecule has 0 N–H and O–H groups in total. The van der Waals surface area contributed by atoms with Gasteiger partial charge in [0.2, 0.25) is 0 Å². The van der Waals surface area contributed by atoms with E-state index in [0.29, 0.717) is 11.4 Å². The number of methoxy groups -OCH3 is 1. The second-order valence-corrected chi connectivity index (χ2v) is 10.4. The molecule has 4 rings (SSSR count). The molecule has 9 heteroatoms. The Hall–Kier alpha value is -2.15. The number of nitrogens with zero attached hydrogens (tertiary/aromatic N) is 4. The lowest BCUT2D eigenvalue weighted by atomic mass is 10.2. The minimum atomic E-state index is -2.41. The largest absolute Gasteiger partial charge is 0.494 e. The number of rotatable bonds is 6. The van der Waals surface area contributed by atoms with Crippen molar-refractivity contribution in [2.45, 2.75) is 32.6 Å². The van der Waals surface area contributed by atoms with Gasteiger partial charge in [0.05, 0.1) is 12.0 Å². The van der Waals surface area contributed by atoms with Crippen molar-refractivity contribution in [2.24, 2.45) is 4.74 Å². The molecular weight excluding hydrogens is 391 g/mol. The fourth-order valence-electron chi connectivity index (χ4n) is 4.20. The SMILES string of the molecule is COc1ccc([N+](=O)[O-])cc1N=P(c1ccc(C)o1)(N1CCCC1)N1CCCC1. The molecule has 0 amide bonds. The highest BCUT2D eigenvalue weighted by Gasteiger charge is 2.42. The maximum absolute atomic E-state index is 11.4. The molecule has 8 nitrogen and oxygen atoms in total. The first kappa shape index (κ1) is 20.1. The minimum absolute atomic E-state index is 0.0149. The van der Waals surface area contributed by atoms with Crippen LogP contribution in [0, 0.1) is 17.0 Å². The molecule has 1 aromatic carbocycles. The number of nitro benzene ring substituents is 1. The molecule has 2 fully saturated rings. The highest BCUT2D eigenvalue weighted by molar-refractivity contribution is 7.69. The molecule has 29 heavy (non-hydrogen) atoms. The topological polar surface area (TPSA) is 84.3 Å². The molecule has 0 spiro atoms. The number of hydrogen-bond acceptors (Lipinski definition) is 5. The highest BCUT2D eigenvalue weighted by atomic mass is 31.2. The zero-order chi connectivity index (χ0) is 20.4. The Morgan fingerprint density at radius 3 is 2.17 bits per heavy atom. The molecule has 2 aromatic rings.